The summed E-state index contributed by atoms with van der Waals surface area (Å²) in [6.45, 7) is 0. The Morgan fingerprint density at radius 2 is 2.25 bits per heavy atom. The molecule has 0 saturated carbocycles. The van der Waals surface area contributed by atoms with Gasteiger partial charge < -0.3 is 5.73 Å². The summed E-state index contributed by atoms with van der Waals surface area (Å²) < 4.78 is 4.98. The molecule has 5 heteroatoms. The summed E-state index contributed by atoms with van der Waals surface area (Å²) in [5, 5.41) is 1.50. The van der Waals surface area contributed by atoms with Crippen molar-refractivity contribution in [3.05, 3.63) is 29.3 Å². The lowest BCUT2D eigenvalue weighted by Crippen LogP contribution is -2.10. The van der Waals surface area contributed by atoms with E-state index < -0.39 is 0 Å². The Kier molecular flexibility index (Phi) is 3.83. The molecule has 0 aromatic heterocycles. The van der Waals surface area contributed by atoms with E-state index in [4.69, 9.17) is 15.1 Å². The van der Waals surface area contributed by atoms with Gasteiger partial charge >= 0.3 is 0 Å². The van der Waals surface area contributed by atoms with Gasteiger partial charge in [-0.15, -0.1) is 9.32 Å². The molecular weight excluding hydrogens is 224 g/mol. The van der Waals surface area contributed by atoms with E-state index in [9.17, 15) is 0 Å². The van der Waals surface area contributed by atoms with Gasteiger partial charge in [0.1, 0.15) is 0 Å². The lowest BCUT2D eigenvalue weighted by molar-refractivity contribution is -0.340. The normalized spacial score (nSPS) is 19.1. The molecule has 1 aromatic carbocycles. The molecular formula is C11H16N2O2S. The quantitative estimate of drug-likeness (QED) is 0.496. The zero-order valence-electron chi connectivity index (χ0n) is 9.47. The fraction of sp³-hybridized carbons (Fsp3) is 0.455. The fourth-order valence-electron chi connectivity index (χ4n) is 1.79. The maximum absolute atomic E-state index is 5.97. The van der Waals surface area contributed by atoms with Crippen LogP contribution in [0.3, 0.4) is 0 Å². The molecule has 0 saturated heterocycles. The van der Waals surface area contributed by atoms with Crippen LogP contribution in [0.1, 0.15) is 23.6 Å². The van der Waals surface area contributed by atoms with Crippen molar-refractivity contribution in [1.82, 2.24) is 5.06 Å². The standard InChI is InChI=1S/C11H16N2O2S/c1-13(2)14-15-16-9-4-5-10-8(7-9)3-6-11(10)12/h4-5,7,11H,3,6,12H2,1-2H3/t11-/m0/s1. The van der Waals surface area contributed by atoms with Crippen LogP contribution in [0.4, 0.5) is 0 Å². The Hall–Kier alpha value is -0.590. The summed E-state index contributed by atoms with van der Waals surface area (Å²) in [6.07, 6.45) is 2.10. The summed E-state index contributed by atoms with van der Waals surface area (Å²) in [4.78, 5) is 5.89. The van der Waals surface area contributed by atoms with Gasteiger partial charge in [-0.05, 0) is 36.1 Å². The average Bonchev–Trinajstić information content (AvgIpc) is 2.60. The third-order valence-electron chi connectivity index (χ3n) is 2.55. The molecule has 0 fully saturated rings. The van der Waals surface area contributed by atoms with Crippen molar-refractivity contribution in [3.63, 3.8) is 0 Å². The van der Waals surface area contributed by atoms with Gasteiger partial charge in [-0.3, -0.25) is 0 Å². The first-order chi connectivity index (χ1) is 7.66. The van der Waals surface area contributed by atoms with E-state index in [0.717, 1.165) is 17.7 Å². The second kappa shape index (κ2) is 5.16. The summed E-state index contributed by atoms with van der Waals surface area (Å²) in [7, 11) is 3.53. The Labute approximate surface area is 99.8 Å². The van der Waals surface area contributed by atoms with Crippen LogP contribution in [-0.2, 0) is 15.7 Å². The van der Waals surface area contributed by atoms with E-state index in [0.29, 0.717) is 0 Å². The first-order valence-electron chi connectivity index (χ1n) is 5.24. The maximum Gasteiger partial charge on any atom is 0.0703 e. The molecule has 0 unspecified atom stereocenters. The molecule has 0 bridgehead atoms. The van der Waals surface area contributed by atoms with E-state index in [1.54, 1.807) is 14.1 Å². The second-order valence-corrected chi connectivity index (χ2v) is 4.82. The van der Waals surface area contributed by atoms with Crippen LogP contribution in [0.15, 0.2) is 23.1 Å². The number of rotatable bonds is 4. The van der Waals surface area contributed by atoms with Gasteiger partial charge in [0.25, 0.3) is 0 Å². The average molecular weight is 240 g/mol. The highest BCUT2D eigenvalue weighted by molar-refractivity contribution is 7.94. The highest BCUT2D eigenvalue weighted by Crippen LogP contribution is 2.32. The summed E-state index contributed by atoms with van der Waals surface area (Å²) in [5.41, 5.74) is 8.55. The van der Waals surface area contributed by atoms with Gasteiger partial charge in [0, 0.05) is 25.0 Å². The van der Waals surface area contributed by atoms with E-state index in [1.807, 2.05) is 6.07 Å². The third-order valence-corrected chi connectivity index (χ3v) is 3.12. The molecule has 88 valence electrons. The topological polar surface area (TPSA) is 47.7 Å². The maximum atomic E-state index is 5.97. The number of aryl methyl sites for hydroxylation is 1. The SMILES string of the molecule is CN(C)OOSc1ccc2c(c1)CC[C@@H]2N. The molecule has 2 N–H and O–H groups in total. The molecule has 1 aliphatic rings. The number of hydrogen-bond acceptors (Lipinski definition) is 5. The van der Waals surface area contributed by atoms with Crippen molar-refractivity contribution in [1.29, 1.82) is 0 Å². The summed E-state index contributed by atoms with van der Waals surface area (Å²) >= 11 is 1.21. The van der Waals surface area contributed by atoms with Crippen molar-refractivity contribution in [2.45, 2.75) is 23.8 Å². The van der Waals surface area contributed by atoms with Crippen molar-refractivity contribution in [2.75, 3.05) is 14.1 Å². The Balaban J connectivity index is 1.97. The van der Waals surface area contributed by atoms with Crippen LogP contribution in [-0.4, -0.2) is 19.2 Å². The van der Waals surface area contributed by atoms with Gasteiger partial charge in [-0.25, -0.2) is 0 Å². The number of nitrogens with zero attached hydrogens (tertiary/aromatic N) is 1. The smallest absolute Gasteiger partial charge is 0.0703 e. The Bertz CT molecular complexity index is 371. The predicted molar refractivity (Wildman–Crippen MR) is 63.4 cm³/mol. The fourth-order valence-corrected chi connectivity index (χ4v) is 2.34. The van der Waals surface area contributed by atoms with Crippen LogP contribution in [0.2, 0.25) is 0 Å². The van der Waals surface area contributed by atoms with Gasteiger partial charge in [-0.2, -0.15) is 5.06 Å². The Morgan fingerprint density at radius 1 is 1.44 bits per heavy atom. The zero-order valence-corrected chi connectivity index (χ0v) is 10.3. The second-order valence-electron chi connectivity index (χ2n) is 4.04. The van der Waals surface area contributed by atoms with Crippen molar-refractivity contribution >= 4 is 12.0 Å². The number of fused-ring (bicyclic) bond motifs is 1. The van der Waals surface area contributed by atoms with Crippen LogP contribution in [0, 0.1) is 0 Å². The molecule has 0 spiro atoms. The van der Waals surface area contributed by atoms with Gasteiger partial charge in [-0.1, -0.05) is 6.07 Å². The van der Waals surface area contributed by atoms with E-state index in [-0.39, 0.29) is 6.04 Å². The van der Waals surface area contributed by atoms with Crippen molar-refractivity contribution in [3.8, 4) is 0 Å². The lowest BCUT2D eigenvalue weighted by Gasteiger charge is -2.08. The number of nitrogens with two attached hydrogens (primary N) is 1. The number of hydroxylamine groups is 2. The van der Waals surface area contributed by atoms with Crippen molar-refractivity contribution in [2.24, 2.45) is 5.73 Å². The van der Waals surface area contributed by atoms with Crippen LogP contribution in [0.25, 0.3) is 0 Å². The predicted octanol–water partition coefficient (Wildman–Crippen LogP) is 2.06. The molecule has 4 nitrogen and oxygen atoms in total. The zero-order chi connectivity index (χ0) is 11.5. The summed E-state index contributed by atoms with van der Waals surface area (Å²) in [6, 6.07) is 6.40. The highest BCUT2D eigenvalue weighted by atomic mass is 32.2. The third kappa shape index (κ3) is 2.75. The minimum atomic E-state index is 0.202. The molecule has 0 heterocycles. The molecule has 0 amide bonds. The summed E-state index contributed by atoms with van der Waals surface area (Å²) in [5.74, 6) is 0. The van der Waals surface area contributed by atoms with Gasteiger partial charge in [0.05, 0.1) is 12.0 Å². The molecule has 0 radical (unpaired) electrons. The number of benzene rings is 1. The molecule has 1 atom stereocenters. The van der Waals surface area contributed by atoms with Crippen LogP contribution < -0.4 is 5.73 Å². The van der Waals surface area contributed by atoms with Crippen molar-refractivity contribution < 1.29 is 9.32 Å². The van der Waals surface area contributed by atoms with Gasteiger partial charge in [0.2, 0.25) is 0 Å². The molecule has 1 aromatic rings. The minimum absolute atomic E-state index is 0.202. The van der Waals surface area contributed by atoms with Gasteiger partial charge in [0.15, 0.2) is 0 Å². The van der Waals surface area contributed by atoms with E-state index in [2.05, 4.69) is 12.1 Å². The lowest BCUT2D eigenvalue weighted by atomic mass is 10.1. The Morgan fingerprint density at radius 3 is 3.00 bits per heavy atom. The first kappa shape index (κ1) is 11.9. The molecule has 2 rings (SSSR count). The largest absolute Gasteiger partial charge is 0.324 e. The monoisotopic (exact) mass is 240 g/mol. The van der Waals surface area contributed by atoms with Crippen LogP contribution >= 0.6 is 12.0 Å². The van der Waals surface area contributed by atoms with Crippen LogP contribution in [0.5, 0.6) is 0 Å². The highest BCUT2D eigenvalue weighted by Gasteiger charge is 2.18. The minimum Gasteiger partial charge on any atom is -0.324 e. The van der Waals surface area contributed by atoms with E-state index >= 15 is 0 Å². The molecule has 16 heavy (non-hydrogen) atoms. The molecule has 0 aliphatic heterocycles. The van der Waals surface area contributed by atoms with E-state index in [1.165, 1.54) is 28.2 Å². The molecule has 1 aliphatic carbocycles. The number of hydrogen-bond donors (Lipinski definition) is 1. The first-order valence-corrected chi connectivity index (χ1v) is 5.98.